The number of hydrogen-bond acceptors (Lipinski definition) is 14. The van der Waals surface area contributed by atoms with E-state index in [0.29, 0.717) is 47.7 Å². The largest absolute Gasteiger partial charge is 0.427 e. The second kappa shape index (κ2) is 21.1. The molecule has 5 aromatic rings. The summed E-state index contributed by atoms with van der Waals surface area (Å²) in [5, 5.41) is 26.3. The Morgan fingerprint density at radius 2 is 1.52 bits per heavy atom. The maximum Gasteiger partial charge on any atom is 0.308 e. The number of nitrogens with zero attached hydrogens (tertiary/aromatic N) is 2. The Labute approximate surface area is 429 Å². The predicted octanol–water partition coefficient (Wildman–Crippen LogP) is 8.93. The number of aromatic nitrogens is 2. The average molecular weight is 1040 g/mol. The van der Waals surface area contributed by atoms with Crippen molar-refractivity contribution in [3.05, 3.63) is 149 Å². The summed E-state index contributed by atoms with van der Waals surface area (Å²) in [5.41, 5.74) is 5.30. The molecule has 0 saturated heterocycles. The Balaban J connectivity index is 0.000000164. The number of halogens is 2. The lowest BCUT2D eigenvalue weighted by Gasteiger charge is -2.62. The highest BCUT2D eigenvalue weighted by atomic mass is 35.5. The van der Waals surface area contributed by atoms with E-state index >= 15 is 4.39 Å². The van der Waals surface area contributed by atoms with Crippen LogP contribution in [0.3, 0.4) is 0 Å². The van der Waals surface area contributed by atoms with Crippen LogP contribution in [0.2, 0.25) is 0 Å². The number of aryl methyl sites for hydroxylation is 1. The smallest absolute Gasteiger partial charge is 0.308 e. The van der Waals surface area contributed by atoms with E-state index in [-0.39, 0.29) is 58.6 Å². The highest BCUT2D eigenvalue weighted by Gasteiger charge is 2.75. The number of allylic oxidation sites excluding steroid dienone is 4. The molecule has 2 heterocycles. The zero-order valence-corrected chi connectivity index (χ0v) is 43.2. The van der Waals surface area contributed by atoms with Crippen molar-refractivity contribution in [2.45, 2.75) is 102 Å². The van der Waals surface area contributed by atoms with Gasteiger partial charge in [-0.25, -0.2) is 17.5 Å². The molecule has 73 heavy (non-hydrogen) atoms. The molecule has 0 spiro atoms. The second-order valence-electron chi connectivity index (χ2n) is 19.6. The van der Waals surface area contributed by atoms with Crippen LogP contribution in [0.25, 0.3) is 0 Å². The molecule has 8 atom stereocenters. The van der Waals surface area contributed by atoms with Crippen LogP contribution >= 0.6 is 11.6 Å². The number of carbonyl (C=O) groups excluding carboxylic acids is 4. The van der Waals surface area contributed by atoms with Gasteiger partial charge in [0.25, 0.3) is 10.0 Å². The Morgan fingerprint density at radius 3 is 2.03 bits per heavy atom. The molecule has 5 N–H and O–H groups in total. The highest BCUT2D eigenvalue weighted by molar-refractivity contribution is 7.92. The number of aliphatic hydroxyl groups excluding tert-OH is 1. The van der Waals surface area contributed by atoms with E-state index in [1.165, 1.54) is 50.3 Å². The number of fused-ring (bicyclic) bond motifs is 5. The fraction of sp³-hybridized carbons (Fsp3) is 0.382. The van der Waals surface area contributed by atoms with Gasteiger partial charge in [-0.3, -0.25) is 24.2 Å². The minimum Gasteiger partial charge on any atom is -0.427 e. The first kappa shape index (κ1) is 54.2. The fourth-order valence-electron chi connectivity index (χ4n) is 11.5. The third kappa shape index (κ3) is 10.4. The van der Waals surface area contributed by atoms with Crippen molar-refractivity contribution in [3.8, 4) is 11.5 Å². The number of ether oxygens (including phenoxy) is 2. The van der Waals surface area contributed by atoms with E-state index < -0.39 is 49.9 Å². The molecule has 0 amide bonds. The van der Waals surface area contributed by atoms with Gasteiger partial charge < -0.3 is 29.9 Å². The van der Waals surface area contributed by atoms with E-state index in [1.807, 2.05) is 56.3 Å². The first-order chi connectivity index (χ1) is 34.4. The normalized spacial score (nSPS) is 26.8. The van der Waals surface area contributed by atoms with Gasteiger partial charge in [-0.15, -0.1) is 11.6 Å². The highest BCUT2D eigenvalue weighted by Crippen LogP contribution is 2.70. The second-order valence-corrected chi connectivity index (χ2v) is 21.6. The molecule has 386 valence electrons. The average Bonchev–Trinajstić information content (AvgIpc) is 3.76. The van der Waals surface area contributed by atoms with Crippen LogP contribution in [-0.2, 0) is 29.2 Å². The summed E-state index contributed by atoms with van der Waals surface area (Å²) in [5.74, 6) is -1.73. The van der Waals surface area contributed by atoms with Crippen molar-refractivity contribution < 1.29 is 56.2 Å². The van der Waals surface area contributed by atoms with Gasteiger partial charge in [0.2, 0.25) is 5.88 Å². The minimum absolute atomic E-state index is 0.0151. The number of hydrogen-bond donors (Lipinski definition) is 4. The SMILES string of the molecule is CC(=O)Oc1ccc(C(c2ccc(OC(C)=O)cc2)c2ccccn2)cc1.C[C@H]1C[C@H]2[C@@H]3CCC4=CC(=O)C=C[C@]4(C)[C@@]3(F)[C@@H](O)C[C@]2(C)[C@@]1(O)C(=O)CCl.Cc1noc(NS(=O)(=O)c2ccc(N)cc2)c1C. The van der Waals surface area contributed by atoms with Crippen molar-refractivity contribution >= 4 is 56.7 Å². The number of esters is 2. The van der Waals surface area contributed by atoms with Gasteiger partial charge >= 0.3 is 11.9 Å². The summed E-state index contributed by atoms with van der Waals surface area (Å²) < 4.78 is 58.4. The van der Waals surface area contributed by atoms with E-state index in [4.69, 9.17) is 31.3 Å². The van der Waals surface area contributed by atoms with Gasteiger partial charge in [0.05, 0.1) is 34.2 Å². The maximum absolute atomic E-state index is 16.9. The summed E-state index contributed by atoms with van der Waals surface area (Å²) in [7, 11) is -3.68. The number of benzene rings is 3. The molecule has 15 nitrogen and oxygen atoms in total. The lowest BCUT2D eigenvalue weighted by molar-refractivity contribution is -0.218. The number of anilines is 2. The number of nitrogen functional groups attached to an aromatic ring is 1. The van der Waals surface area contributed by atoms with Crippen LogP contribution in [0.1, 0.15) is 94.3 Å². The molecule has 3 fully saturated rings. The molecule has 4 aliphatic rings. The van der Waals surface area contributed by atoms with Crippen LogP contribution in [-0.4, -0.2) is 75.5 Å². The Hall–Kier alpha value is -6.53. The monoisotopic (exact) mass is 1040 g/mol. The van der Waals surface area contributed by atoms with Crippen molar-refractivity contribution in [2.75, 3.05) is 16.3 Å². The zero-order chi connectivity index (χ0) is 53.3. The number of nitrogens with two attached hydrogens (primary N) is 1. The molecular weight excluding hydrogens is 979 g/mol. The number of alkyl halides is 2. The van der Waals surface area contributed by atoms with Crippen molar-refractivity contribution in [1.82, 2.24) is 10.1 Å². The number of aliphatic hydroxyl groups is 2. The molecule has 0 aliphatic heterocycles. The molecule has 0 bridgehead atoms. The third-order valence-electron chi connectivity index (χ3n) is 15.3. The Kier molecular flexibility index (Phi) is 15.7. The lowest BCUT2D eigenvalue weighted by atomic mass is 9.44. The first-order valence-corrected chi connectivity index (χ1v) is 25.8. The van der Waals surface area contributed by atoms with E-state index in [1.54, 1.807) is 57.3 Å². The molecule has 0 radical (unpaired) electrons. The standard InChI is InChI=1S/C22H28ClFO4.C22H19NO4.C11H13N3O3S/c1-12-8-16-15-5-4-13-9-14(25)6-7-19(13,2)21(15,24)17(26)10-20(16,3)22(12,28)18(27)11-23;1-15(24)26-19-10-6-17(7-11-19)22(21-5-3-4-14-23-21)18-8-12-20(13-9-18)27-16(2)25;1-7-8(2)13-17-11(7)14-18(15,16)10-5-3-9(12)4-6-10/h6-7,9,12,15-17,26,28H,4-5,8,10-11H2,1-3H3;3-14,22H,1-2H3;3-6,14H,12H2,1-2H3/t12-,15-,16-,17-,19-,20-,21-,22-;;/m0../s1. The van der Waals surface area contributed by atoms with Crippen LogP contribution in [0.15, 0.2) is 130 Å². The van der Waals surface area contributed by atoms with Gasteiger partial charge in [-0.05, 0) is 142 Å². The zero-order valence-electron chi connectivity index (χ0n) is 41.6. The van der Waals surface area contributed by atoms with Crippen LogP contribution < -0.4 is 19.9 Å². The third-order valence-corrected chi connectivity index (χ3v) is 16.9. The topological polar surface area (TPSA) is 238 Å². The maximum atomic E-state index is 16.9. The first-order valence-electron chi connectivity index (χ1n) is 23.8. The quantitative estimate of drug-likeness (QED) is 0.0442. The molecule has 2 aromatic heterocycles. The van der Waals surface area contributed by atoms with Gasteiger partial charge in [0.1, 0.15) is 17.1 Å². The fourth-order valence-corrected chi connectivity index (χ4v) is 12.7. The van der Waals surface area contributed by atoms with Gasteiger partial charge in [0, 0.05) is 48.0 Å². The predicted molar refractivity (Wildman–Crippen MR) is 272 cm³/mol. The number of carbonyl (C=O) groups is 4. The number of Topliss-reactive ketones (excluding diaryl/α,β-unsaturated/α-hetero) is 1. The molecule has 3 saturated carbocycles. The van der Waals surface area contributed by atoms with Crippen LogP contribution in [0, 0.1) is 42.4 Å². The summed E-state index contributed by atoms with van der Waals surface area (Å²) in [6, 6.07) is 26.4. The number of nitrogens with one attached hydrogen (secondary N) is 1. The molecule has 18 heteroatoms. The van der Waals surface area contributed by atoms with Crippen molar-refractivity contribution in [2.24, 2.45) is 28.6 Å². The Bertz CT molecular complexity index is 2980. The molecular formula is C55H60ClFN4O11S. The van der Waals surface area contributed by atoms with E-state index in [0.717, 1.165) is 22.4 Å². The molecule has 4 aliphatic carbocycles. The van der Waals surface area contributed by atoms with E-state index in [9.17, 15) is 37.8 Å². The Morgan fingerprint density at radius 1 is 0.932 bits per heavy atom. The summed E-state index contributed by atoms with van der Waals surface area (Å²) in [6.07, 6.45) is 6.44. The van der Waals surface area contributed by atoms with Gasteiger partial charge in [0.15, 0.2) is 17.2 Å². The summed E-state index contributed by atoms with van der Waals surface area (Å²) >= 11 is 5.81. The number of rotatable bonds is 10. The number of sulfonamides is 1. The molecule has 3 aromatic carbocycles. The van der Waals surface area contributed by atoms with Gasteiger partial charge in [-0.2, -0.15) is 0 Å². The summed E-state index contributed by atoms with van der Waals surface area (Å²) in [6.45, 7) is 11.6. The minimum atomic E-state index is -3.68. The summed E-state index contributed by atoms with van der Waals surface area (Å²) in [4.78, 5) is 51.4. The van der Waals surface area contributed by atoms with Crippen molar-refractivity contribution in [1.29, 1.82) is 0 Å². The van der Waals surface area contributed by atoms with Crippen LogP contribution in [0.4, 0.5) is 16.0 Å². The lowest BCUT2D eigenvalue weighted by Crippen LogP contribution is -2.69. The van der Waals surface area contributed by atoms with Crippen molar-refractivity contribution in [3.63, 3.8) is 0 Å². The molecule has 0 unspecified atom stereocenters. The van der Waals surface area contributed by atoms with E-state index in [2.05, 4.69) is 14.9 Å². The molecule has 9 rings (SSSR count). The number of ketones is 2. The van der Waals surface area contributed by atoms with Crippen LogP contribution in [0.5, 0.6) is 11.5 Å². The van der Waals surface area contributed by atoms with Gasteiger partial charge in [-0.1, -0.05) is 61.0 Å². The number of pyridine rings is 1.